The first-order chi connectivity index (χ1) is 11.2. The van der Waals surface area contributed by atoms with E-state index in [0.29, 0.717) is 6.61 Å². The fourth-order valence-corrected chi connectivity index (χ4v) is 3.02. The minimum absolute atomic E-state index is 0.211. The third-order valence-corrected chi connectivity index (χ3v) is 4.54. The molecule has 0 fully saturated rings. The van der Waals surface area contributed by atoms with Crippen LogP contribution in [0.15, 0.2) is 0 Å². The Balaban J connectivity index is 3.05. The number of rotatable bonds is 18. The smallest absolute Gasteiger partial charge is 0.100 e. The van der Waals surface area contributed by atoms with Gasteiger partial charge in [0.2, 0.25) is 0 Å². The van der Waals surface area contributed by atoms with Gasteiger partial charge in [-0.05, 0) is 12.3 Å². The van der Waals surface area contributed by atoms with Gasteiger partial charge in [0, 0.05) is 6.61 Å². The molecule has 2 atom stereocenters. The highest BCUT2D eigenvalue weighted by atomic mass is 16.5. The molecule has 0 spiro atoms. The molecule has 0 saturated carbocycles. The third-order valence-electron chi connectivity index (χ3n) is 4.54. The highest BCUT2D eigenvalue weighted by Crippen LogP contribution is 2.16. The maximum Gasteiger partial charge on any atom is 0.100 e. The molecule has 2 N–H and O–H groups in total. The molecule has 0 radical (unpaired) electrons. The molecular weight excluding hydrogens is 288 g/mol. The van der Waals surface area contributed by atoms with Gasteiger partial charge >= 0.3 is 0 Å². The molecule has 140 valence electrons. The highest BCUT2D eigenvalue weighted by molar-refractivity contribution is 4.54. The zero-order valence-corrected chi connectivity index (χ0v) is 15.8. The molecule has 0 heterocycles. The van der Waals surface area contributed by atoms with E-state index in [4.69, 9.17) is 14.9 Å². The summed E-state index contributed by atoms with van der Waals surface area (Å²) < 4.78 is 5.29. The summed E-state index contributed by atoms with van der Waals surface area (Å²) in [6, 6.07) is 0. The maximum atomic E-state index is 9.11. The number of unbranched alkanes of at least 4 members (excludes halogenated alkanes) is 9. The molecule has 0 aliphatic carbocycles. The van der Waals surface area contributed by atoms with Gasteiger partial charge in [0.15, 0.2) is 0 Å². The van der Waals surface area contributed by atoms with Crippen molar-refractivity contribution in [3.05, 3.63) is 0 Å². The van der Waals surface area contributed by atoms with Crippen molar-refractivity contribution in [1.82, 2.24) is 0 Å². The molecule has 3 heteroatoms. The lowest BCUT2D eigenvalue weighted by Gasteiger charge is -2.09. The summed E-state index contributed by atoms with van der Waals surface area (Å²) in [6.45, 7) is 5.42. The van der Waals surface area contributed by atoms with Crippen LogP contribution in [0.5, 0.6) is 0 Å². The van der Waals surface area contributed by atoms with Crippen LogP contribution < -0.4 is 0 Å². The van der Waals surface area contributed by atoms with E-state index in [9.17, 15) is 0 Å². The number of ether oxygens (including phenoxy) is 1. The van der Waals surface area contributed by atoms with Crippen LogP contribution in [0.4, 0.5) is 0 Å². The van der Waals surface area contributed by atoms with E-state index in [-0.39, 0.29) is 13.2 Å². The standard InChI is InChI=1S/C20H42O3/c1-3-14-19(2)15-12-10-8-6-4-5-7-9-11-13-16-23-18-20(22)17-21/h19-22H,3-18H2,1-2H3. The average Bonchev–Trinajstić information content (AvgIpc) is 2.55. The van der Waals surface area contributed by atoms with Crippen LogP contribution in [-0.2, 0) is 4.74 Å². The number of aliphatic hydroxyl groups excluding tert-OH is 2. The summed E-state index contributed by atoms with van der Waals surface area (Å²) in [5.74, 6) is 0.927. The van der Waals surface area contributed by atoms with E-state index in [1.54, 1.807) is 0 Å². The van der Waals surface area contributed by atoms with Gasteiger partial charge < -0.3 is 14.9 Å². The Kier molecular flexibility index (Phi) is 18.1. The second-order valence-electron chi connectivity index (χ2n) is 7.13. The van der Waals surface area contributed by atoms with Gasteiger partial charge in [0.25, 0.3) is 0 Å². The van der Waals surface area contributed by atoms with Crippen molar-refractivity contribution >= 4 is 0 Å². The van der Waals surface area contributed by atoms with Crippen molar-refractivity contribution in [2.45, 2.75) is 103 Å². The quantitative estimate of drug-likeness (QED) is 0.344. The average molecular weight is 331 g/mol. The predicted octanol–water partition coefficient (Wildman–Crippen LogP) is 5.08. The van der Waals surface area contributed by atoms with E-state index in [2.05, 4.69) is 13.8 Å². The van der Waals surface area contributed by atoms with Crippen LogP contribution in [0.1, 0.15) is 97.3 Å². The van der Waals surface area contributed by atoms with Gasteiger partial charge in [-0.25, -0.2) is 0 Å². The zero-order valence-electron chi connectivity index (χ0n) is 15.8. The van der Waals surface area contributed by atoms with Gasteiger partial charge in [0.1, 0.15) is 6.10 Å². The minimum Gasteiger partial charge on any atom is -0.394 e. The Morgan fingerprint density at radius 1 is 0.783 bits per heavy atom. The minimum atomic E-state index is -0.718. The van der Waals surface area contributed by atoms with Crippen molar-refractivity contribution in [3.8, 4) is 0 Å². The molecule has 0 aliphatic heterocycles. The number of aliphatic hydroxyl groups is 2. The number of hydrogen-bond donors (Lipinski definition) is 2. The SMILES string of the molecule is CCCC(C)CCCCCCCCCCCCOCC(O)CO. The van der Waals surface area contributed by atoms with E-state index in [1.807, 2.05) is 0 Å². The molecule has 0 amide bonds. The van der Waals surface area contributed by atoms with Gasteiger partial charge in [-0.3, -0.25) is 0 Å². The lowest BCUT2D eigenvalue weighted by molar-refractivity contribution is 0.00526. The third kappa shape index (κ3) is 18.1. The molecule has 0 saturated heterocycles. The molecular formula is C20H42O3. The lowest BCUT2D eigenvalue weighted by atomic mass is 9.98. The number of hydrogen-bond acceptors (Lipinski definition) is 3. The Labute approximate surface area is 144 Å². The molecule has 2 unspecified atom stereocenters. The summed E-state index contributed by atoms with van der Waals surface area (Å²) >= 11 is 0. The molecule has 0 aromatic rings. The Hall–Kier alpha value is -0.120. The molecule has 3 nitrogen and oxygen atoms in total. The van der Waals surface area contributed by atoms with Gasteiger partial charge in [0.05, 0.1) is 13.2 Å². The first-order valence-electron chi connectivity index (χ1n) is 10.1. The summed E-state index contributed by atoms with van der Waals surface area (Å²) in [7, 11) is 0. The molecule has 23 heavy (non-hydrogen) atoms. The lowest BCUT2D eigenvalue weighted by Crippen LogP contribution is -2.19. The predicted molar refractivity (Wildman–Crippen MR) is 98.8 cm³/mol. The normalized spacial score (nSPS) is 14.1. The summed E-state index contributed by atoms with van der Waals surface area (Å²) in [4.78, 5) is 0. The molecule has 0 rings (SSSR count). The highest BCUT2D eigenvalue weighted by Gasteiger charge is 2.01. The Bertz CT molecular complexity index is 221. The van der Waals surface area contributed by atoms with Crippen LogP contribution in [0.25, 0.3) is 0 Å². The molecule has 0 aromatic heterocycles. The van der Waals surface area contributed by atoms with E-state index in [0.717, 1.165) is 12.3 Å². The second-order valence-corrected chi connectivity index (χ2v) is 7.13. The van der Waals surface area contributed by atoms with Crippen molar-refractivity contribution in [1.29, 1.82) is 0 Å². The molecule has 0 aliphatic rings. The summed E-state index contributed by atoms with van der Waals surface area (Å²) in [6.07, 6.45) is 16.8. The van der Waals surface area contributed by atoms with E-state index in [1.165, 1.54) is 77.0 Å². The van der Waals surface area contributed by atoms with Crippen LogP contribution in [0.3, 0.4) is 0 Å². The molecule has 0 bridgehead atoms. The molecule has 0 aromatic carbocycles. The van der Waals surface area contributed by atoms with Crippen LogP contribution in [-0.4, -0.2) is 36.1 Å². The van der Waals surface area contributed by atoms with Gasteiger partial charge in [-0.1, -0.05) is 90.9 Å². The van der Waals surface area contributed by atoms with Gasteiger partial charge in [-0.15, -0.1) is 0 Å². The summed E-state index contributed by atoms with van der Waals surface area (Å²) in [5, 5.41) is 17.8. The topological polar surface area (TPSA) is 49.7 Å². The fourth-order valence-electron chi connectivity index (χ4n) is 3.02. The van der Waals surface area contributed by atoms with Gasteiger partial charge in [-0.2, -0.15) is 0 Å². The fraction of sp³-hybridized carbons (Fsp3) is 1.00. The Morgan fingerprint density at radius 2 is 1.30 bits per heavy atom. The monoisotopic (exact) mass is 330 g/mol. The summed E-state index contributed by atoms with van der Waals surface area (Å²) in [5.41, 5.74) is 0. The van der Waals surface area contributed by atoms with Crippen molar-refractivity contribution in [3.63, 3.8) is 0 Å². The Morgan fingerprint density at radius 3 is 1.83 bits per heavy atom. The van der Waals surface area contributed by atoms with E-state index < -0.39 is 6.10 Å². The maximum absolute atomic E-state index is 9.11. The zero-order chi connectivity index (χ0) is 17.2. The van der Waals surface area contributed by atoms with E-state index >= 15 is 0 Å². The van der Waals surface area contributed by atoms with Crippen molar-refractivity contribution < 1.29 is 14.9 Å². The van der Waals surface area contributed by atoms with Crippen LogP contribution >= 0.6 is 0 Å². The second kappa shape index (κ2) is 18.2. The first-order valence-corrected chi connectivity index (χ1v) is 10.1. The largest absolute Gasteiger partial charge is 0.394 e. The van der Waals surface area contributed by atoms with Crippen molar-refractivity contribution in [2.24, 2.45) is 5.92 Å². The van der Waals surface area contributed by atoms with Crippen molar-refractivity contribution in [2.75, 3.05) is 19.8 Å². The van der Waals surface area contributed by atoms with Crippen LogP contribution in [0.2, 0.25) is 0 Å². The first kappa shape index (κ1) is 22.9. The van der Waals surface area contributed by atoms with Crippen LogP contribution in [0, 0.1) is 5.92 Å².